The summed E-state index contributed by atoms with van der Waals surface area (Å²) < 4.78 is 0. The lowest BCUT2D eigenvalue weighted by Gasteiger charge is -2.30. The molecule has 0 saturated heterocycles. The van der Waals surface area contributed by atoms with Crippen molar-refractivity contribution < 1.29 is 5.11 Å². The summed E-state index contributed by atoms with van der Waals surface area (Å²) in [4.78, 5) is 1.87. The molecule has 0 aromatic carbocycles. The molecule has 2 N–H and O–H groups in total. The fraction of sp³-hybridized carbons (Fsp3) is 0.583. The Morgan fingerprint density at radius 1 is 1.44 bits per heavy atom. The summed E-state index contributed by atoms with van der Waals surface area (Å²) in [5, 5.41) is 21.5. The number of nitrogens with one attached hydrogen (secondary N) is 1. The van der Waals surface area contributed by atoms with Gasteiger partial charge in [0.1, 0.15) is 10.9 Å². The number of hydrogen-bond donors (Lipinski definition) is 2. The van der Waals surface area contributed by atoms with Crippen molar-refractivity contribution >= 4 is 11.3 Å². The number of thiophene rings is 1. The molecule has 1 heterocycles. The Labute approximate surface area is 101 Å². The average molecular weight is 238 g/mol. The average Bonchev–Trinajstić information content (AvgIpc) is 2.80. The van der Waals surface area contributed by atoms with Crippen LogP contribution in [0.2, 0.25) is 0 Å². The molecule has 0 radical (unpaired) electrons. The van der Waals surface area contributed by atoms with Crippen molar-refractivity contribution in [3.63, 3.8) is 0 Å². The molecule has 0 unspecified atom stereocenters. The van der Waals surface area contributed by atoms with Crippen LogP contribution in [0.15, 0.2) is 12.1 Å². The first-order valence-corrected chi connectivity index (χ1v) is 6.36. The molecule has 0 aliphatic rings. The third-order valence-electron chi connectivity index (χ3n) is 3.07. The second-order valence-electron chi connectivity index (χ2n) is 3.88. The maximum absolute atomic E-state index is 9.39. The fourth-order valence-electron chi connectivity index (χ4n) is 1.59. The number of rotatable bonds is 6. The van der Waals surface area contributed by atoms with Gasteiger partial charge in [-0.3, -0.25) is 0 Å². The van der Waals surface area contributed by atoms with Crippen molar-refractivity contribution in [2.75, 3.05) is 6.61 Å². The van der Waals surface area contributed by atoms with Crippen molar-refractivity contribution in [3.8, 4) is 6.07 Å². The van der Waals surface area contributed by atoms with Gasteiger partial charge < -0.3 is 10.4 Å². The summed E-state index contributed by atoms with van der Waals surface area (Å²) in [5.74, 6) is 0. The van der Waals surface area contributed by atoms with E-state index < -0.39 is 0 Å². The first kappa shape index (κ1) is 13.2. The van der Waals surface area contributed by atoms with E-state index in [9.17, 15) is 5.11 Å². The Morgan fingerprint density at radius 3 is 2.56 bits per heavy atom. The highest BCUT2D eigenvalue weighted by molar-refractivity contribution is 7.12. The Hall–Kier alpha value is -0.890. The van der Waals surface area contributed by atoms with Gasteiger partial charge in [0.25, 0.3) is 0 Å². The molecule has 1 rings (SSSR count). The van der Waals surface area contributed by atoms with E-state index in [1.54, 1.807) is 0 Å². The summed E-state index contributed by atoms with van der Waals surface area (Å²) in [6.45, 7) is 5.01. The highest BCUT2D eigenvalue weighted by Gasteiger charge is 2.24. The molecule has 0 aliphatic heterocycles. The van der Waals surface area contributed by atoms with Gasteiger partial charge in [-0.25, -0.2) is 0 Å². The number of aliphatic hydroxyl groups is 1. The lowest BCUT2D eigenvalue weighted by molar-refractivity contribution is 0.150. The predicted molar refractivity (Wildman–Crippen MR) is 66.3 cm³/mol. The van der Waals surface area contributed by atoms with E-state index in [0.29, 0.717) is 6.54 Å². The molecule has 0 bridgehead atoms. The Bertz CT molecular complexity index is 355. The molecular formula is C12H18N2OS. The van der Waals surface area contributed by atoms with E-state index in [1.165, 1.54) is 11.3 Å². The minimum Gasteiger partial charge on any atom is -0.394 e. The van der Waals surface area contributed by atoms with Gasteiger partial charge in [0.05, 0.1) is 6.61 Å². The maximum atomic E-state index is 9.39. The first-order valence-electron chi connectivity index (χ1n) is 5.54. The van der Waals surface area contributed by atoms with Crippen LogP contribution in [0, 0.1) is 11.3 Å². The number of hydrogen-bond acceptors (Lipinski definition) is 4. The lowest BCUT2D eigenvalue weighted by atomic mass is 9.94. The normalized spacial score (nSPS) is 11.4. The third-order valence-corrected chi connectivity index (χ3v) is 4.06. The van der Waals surface area contributed by atoms with Crippen molar-refractivity contribution in [2.45, 2.75) is 38.8 Å². The highest BCUT2D eigenvalue weighted by atomic mass is 32.1. The van der Waals surface area contributed by atoms with Crippen molar-refractivity contribution in [3.05, 3.63) is 21.9 Å². The minimum atomic E-state index is -0.184. The van der Waals surface area contributed by atoms with Crippen LogP contribution < -0.4 is 5.32 Å². The van der Waals surface area contributed by atoms with Crippen LogP contribution in [0.5, 0.6) is 0 Å². The standard InChI is InChI=1S/C12H18N2OS/c1-3-12(4-2,9-15)14-8-11-6-5-10(7-13)16-11/h5-6,14-15H,3-4,8-9H2,1-2H3. The summed E-state index contributed by atoms with van der Waals surface area (Å²) in [6, 6.07) is 5.92. The molecule has 0 atom stereocenters. The van der Waals surface area contributed by atoms with Crippen LogP contribution in [0.1, 0.15) is 36.4 Å². The van der Waals surface area contributed by atoms with Gasteiger partial charge in [0.15, 0.2) is 0 Å². The van der Waals surface area contributed by atoms with Crippen molar-refractivity contribution in [1.29, 1.82) is 5.26 Å². The summed E-state index contributed by atoms with van der Waals surface area (Å²) >= 11 is 1.50. The van der Waals surface area contributed by atoms with E-state index in [0.717, 1.165) is 22.6 Å². The molecule has 16 heavy (non-hydrogen) atoms. The molecule has 0 amide bonds. The van der Waals surface area contributed by atoms with E-state index in [2.05, 4.69) is 25.2 Å². The molecule has 88 valence electrons. The second kappa shape index (κ2) is 6.00. The van der Waals surface area contributed by atoms with Crippen LogP contribution in [0.25, 0.3) is 0 Å². The summed E-state index contributed by atoms with van der Waals surface area (Å²) in [7, 11) is 0. The van der Waals surface area contributed by atoms with E-state index >= 15 is 0 Å². The van der Waals surface area contributed by atoms with Crippen LogP contribution in [-0.4, -0.2) is 17.3 Å². The Morgan fingerprint density at radius 2 is 2.12 bits per heavy atom. The monoisotopic (exact) mass is 238 g/mol. The molecular weight excluding hydrogens is 220 g/mol. The fourth-order valence-corrected chi connectivity index (χ4v) is 2.33. The summed E-state index contributed by atoms with van der Waals surface area (Å²) in [6.07, 6.45) is 1.80. The van der Waals surface area contributed by atoms with Gasteiger partial charge in [0, 0.05) is 17.0 Å². The largest absolute Gasteiger partial charge is 0.394 e. The SMILES string of the molecule is CCC(CC)(CO)NCc1ccc(C#N)s1. The topological polar surface area (TPSA) is 56.0 Å². The molecule has 0 spiro atoms. The molecule has 4 heteroatoms. The van der Waals surface area contributed by atoms with Gasteiger partial charge in [-0.05, 0) is 25.0 Å². The third kappa shape index (κ3) is 3.05. The molecule has 1 aromatic heterocycles. The quantitative estimate of drug-likeness (QED) is 0.799. The van der Waals surface area contributed by atoms with E-state index in [4.69, 9.17) is 5.26 Å². The first-order chi connectivity index (χ1) is 7.69. The molecule has 1 aromatic rings. The minimum absolute atomic E-state index is 0.149. The number of nitrogens with zero attached hydrogens (tertiary/aromatic N) is 1. The lowest BCUT2D eigenvalue weighted by Crippen LogP contribution is -2.46. The molecule has 0 fully saturated rings. The zero-order valence-corrected chi connectivity index (χ0v) is 10.6. The highest BCUT2D eigenvalue weighted by Crippen LogP contribution is 2.19. The van der Waals surface area contributed by atoms with Crippen molar-refractivity contribution in [2.24, 2.45) is 0 Å². The van der Waals surface area contributed by atoms with E-state index in [-0.39, 0.29) is 12.1 Å². The van der Waals surface area contributed by atoms with Gasteiger partial charge in [-0.2, -0.15) is 5.26 Å². The van der Waals surface area contributed by atoms with E-state index in [1.807, 2.05) is 12.1 Å². The zero-order chi connectivity index (χ0) is 12.0. The molecule has 0 aliphatic carbocycles. The van der Waals surface area contributed by atoms with Crippen LogP contribution in [0.4, 0.5) is 0 Å². The van der Waals surface area contributed by atoms with Crippen molar-refractivity contribution in [1.82, 2.24) is 5.32 Å². The Balaban J connectivity index is 2.59. The maximum Gasteiger partial charge on any atom is 0.110 e. The van der Waals surface area contributed by atoms with Gasteiger partial charge in [-0.15, -0.1) is 11.3 Å². The van der Waals surface area contributed by atoms with Gasteiger partial charge in [-0.1, -0.05) is 13.8 Å². The van der Waals surface area contributed by atoms with Crippen LogP contribution >= 0.6 is 11.3 Å². The number of nitriles is 1. The smallest absolute Gasteiger partial charge is 0.110 e. The summed E-state index contributed by atoms with van der Waals surface area (Å²) in [5.41, 5.74) is -0.184. The van der Waals surface area contributed by atoms with Crippen LogP contribution in [0.3, 0.4) is 0 Å². The van der Waals surface area contributed by atoms with Gasteiger partial charge >= 0.3 is 0 Å². The zero-order valence-electron chi connectivity index (χ0n) is 9.79. The predicted octanol–water partition coefficient (Wildman–Crippen LogP) is 2.26. The molecule has 3 nitrogen and oxygen atoms in total. The van der Waals surface area contributed by atoms with Gasteiger partial charge in [0.2, 0.25) is 0 Å². The second-order valence-corrected chi connectivity index (χ2v) is 5.05. The Kier molecular flexibility index (Phi) is 4.94. The number of aliphatic hydroxyl groups excluding tert-OH is 1. The molecule has 0 saturated carbocycles. The van der Waals surface area contributed by atoms with Crippen LogP contribution in [-0.2, 0) is 6.54 Å².